The van der Waals surface area contributed by atoms with Gasteiger partial charge in [-0.2, -0.15) is 0 Å². The lowest BCUT2D eigenvalue weighted by Crippen LogP contribution is -2.20. The Hall–Kier alpha value is -1.80. The fraction of sp³-hybridized carbons (Fsp3) is 0.294. The van der Waals surface area contributed by atoms with Crippen LogP contribution in [0.4, 0.5) is 0 Å². The lowest BCUT2D eigenvalue weighted by molar-refractivity contribution is 0.0348. The van der Waals surface area contributed by atoms with Crippen molar-refractivity contribution < 1.29 is 14.6 Å². The molecule has 132 valence electrons. The zero-order valence-corrected chi connectivity index (χ0v) is 15.0. The van der Waals surface area contributed by atoms with Crippen LogP contribution in [0.5, 0.6) is 5.75 Å². The average molecular weight is 380 g/mol. The smallest absolute Gasteiger partial charge is 0.195 e. The quantitative estimate of drug-likeness (QED) is 0.455. The van der Waals surface area contributed by atoms with Gasteiger partial charge in [0, 0.05) is 17.0 Å². The maximum absolute atomic E-state index is 10.0. The summed E-state index contributed by atoms with van der Waals surface area (Å²) >= 11 is 7.25. The van der Waals surface area contributed by atoms with Gasteiger partial charge in [-0.05, 0) is 36.4 Å². The van der Waals surface area contributed by atoms with Gasteiger partial charge in [-0.1, -0.05) is 29.4 Å². The van der Waals surface area contributed by atoms with E-state index in [1.54, 1.807) is 24.3 Å². The second-order valence-corrected chi connectivity index (χ2v) is 6.68. The van der Waals surface area contributed by atoms with Gasteiger partial charge in [0.1, 0.15) is 12.4 Å². The number of fused-ring (bicyclic) bond motifs is 1. The molecule has 0 aliphatic rings. The van der Waals surface area contributed by atoms with Crippen LogP contribution in [-0.4, -0.2) is 51.4 Å². The Labute approximate surface area is 154 Å². The Kier molecular flexibility index (Phi) is 6.52. The fourth-order valence-corrected chi connectivity index (χ4v) is 3.06. The Morgan fingerprint density at radius 1 is 1.12 bits per heavy atom. The highest BCUT2D eigenvalue weighted by molar-refractivity contribution is 7.99. The van der Waals surface area contributed by atoms with Crippen LogP contribution in [0.3, 0.4) is 0 Å². The molecule has 1 atom stereocenters. The highest BCUT2D eigenvalue weighted by Crippen LogP contribution is 2.18. The minimum absolute atomic E-state index is 0.244. The van der Waals surface area contributed by atoms with E-state index in [0.717, 1.165) is 16.6 Å². The van der Waals surface area contributed by atoms with Crippen molar-refractivity contribution in [1.29, 1.82) is 0 Å². The molecule has 6 nitrogen and oxygen atoms in total. The van der Waals surface area contributed by atoms with Crippen molar-refractivity contribution in [2.75, 3.05) is 25.6 Å². The average Bonchev–Trinajstić information content (AvgIpc) is 3.04. The highest BCUT2D eigenvalue weighted by atomic mass is 35.5. The first-order valence-electron chi connectivity index (χ1n) is 7.79. The van der Waals surface area contributed by atoms with Gasteiger partial charge >= 0.3 is 0 Å². The summed E-state index contributed by atoms with van der Waals surface area (Å²) in [5.74, 6) is 1.22. The van der Waals surface area contributed by atoms with Crippen LogP contribution in [0.25, 0.3) is 5.65 Å². The Bertz CT molecular complexity index is 797. The third kappa shape index (κ3) is 5.34. The molecular formula is C17H18ClN3O3S. The normalized spacial score (nSPS) is 12.4. The van der Waals surface area contributed by atoms with Gasteiger partial charge in [0.25, 0.3) is 0 Å². The van der Waals surface area contributed by atoms with Gasteiger partial charge < -0.3 is 14.6 Å². The van der Waals surface area contributed by atoms with Gasteiger partial charge in [-0.15, -0.1) is 10.2 Å². The summed E-state index contributed by atoms with van der Waals surface area (Å²) in [6.45, 7) is 1.06. The molecule has 0 spiro atoms. The van der Waals surface area contributed by atoms with E-state index in [1.165, 1.54) is 11.8 Å². The van der Waals surface area contributed by atoms with Crippen LogP contribution in [-0.2, 0) is 4.74 Å². The number of halogens is 1. The van der Waals surface area contributed by atoms with Crippen molar-refractivity contribution in [3.05, 3.63) is 53.7 Å². The number of hydrogen-bond donors (Lipinski definition) is 1. The molecule has 25 heavy (non-hydrogen) atoms. The second kappa shape index (κ2) is 9.05. The van der Waals surface area contributed by atoms with Crippen molar-refractivity contribution in [3.8, 4) is 5.75 Å². The SMILES string of the molecule is O[C@H](COCCOc1ccc(Cl)cc1)CSc1nnc2ccccn12. The number of pyridine rings is 1. The lowest BCUT2D eigenvalue weighted by Gasteiger charge is -2.11. The number of hydrogen-bond acceptors (Lipinski definition) is 6. The van der Waals surface area contributed by atoms with E-state index in [2.05, 4.69) is 10.2 Å². The number of aromatic nitrogens is 3. The number of aliphatic hydroxyl groups is 1. The summed E-state index contributed by atoms with van der Waals surface area (Å²) in [7, 11) is 0. The van der Waals surface area contributed by atoms with E-state index in [0.29, 0.717) is 24.0 Å². The summed E-state index contributed by atoms with van der Waals surface area (Å²) < 4.78 is 12.8. The third-order valence-corrected chi connectivity index (χ3v) is 4.65. The minimum atomic E-state index is -0.586. The molecule has 2 aromatic heterocycles. The Morgan fingerprint density at radius 2 is 1.96 bits per heavy atom. The first kappa shape index (κ1) is 18.0. The lowest BCUT2D eigenvalue weighted by atomic mass is 10.3. The molecule has 8 heteroatoms. The van der Waals surface area contributed by atoms with Crippen LogP contribution in [0.1, 0.15) is 0 Å². The van der Waals surface area contributed by atoms with E-state index < -0.39 is 6.10 Å². The molecule has 1 aromatic carbocycles. The number of rotatable bonds is 9. The van der Waals surface area contributed by atoms with Gasteiger partial charge in [-0.25, -0.2) is 0 Å². The minimum Gasteiger partial charge on any atom is -0.491 e. The van der Waals surface area contributed by atoms with E-state index >= 15 is 0 Å². The molecule has 1 N–H and O–H groups in total. The molecule has 0 fully saturated rings. The number of nitrogens with zero attached hydrogens (tertiary/aromatic N) is 3. The Balaban J connectivity index is 1.33. The summed E-state index contributed by atoms with van der Waals surface area (Å²) in [5.41, 5.74) is 0.787. The van der Waals surface area contributed by atoms with Crippen molar-refractivity contribution in [2.24, 2.45) is 0 Å². The van der Waals surface area contributed by atoms with Gasteiger partial charge in [0.05, 0.1) is 19.3 Å². The largest absolute Gasteiger partial charge is 0.491 e. The van der Waals surface area contributed by atoms with Crippen molar-refractivity contribution in [1.82, 2.24) is 14.6 Å². The molecular weight excluding hydrogens is 362 g/mol. The summed E-state index contributed by atoms with van der Waals surface area (Å²) in [6.07, 6.45) is 1.31. The molecule has 0 saturated carbocycles. The van der Waals surface area contributed by atoms with E-state index in [4.69, 9.17) is 21.1 Å². The summed E-state index contributed by atoms with van der Waals surface area (Å²) in [4.78, 5) is 0. The molecule has 3 aromatic rings. The second-order valence-electron chi connectivity index (χ2n) is 5.25. The molecule has 0 radical (unpaired) electrons. The zero-order chi connectivity index (χ0) is 17.5. The molecule has 0 saturated heterocycles. The molecule has 0 aliphatic carbocycles. The zero-order valence-electron chi connectivity index (χ0n) is 13.4. The molecule has 0 unspecified atom stereocenters. The maximum Gasteiger partial charge on any atom is 0.195 e. The highest BCUT2D eigenvalue weighted by Gasteiger charge is 2.10. The monoisotopic (exact) mass is 379 g/mol. The van der Waals surface area contributed by atoms with Gasteiger partial charge in [-0.3, -0.25) is 4.40 Å². The standard InChI is InChI=1S/C17H18ClN3O3S/c18-13-4-6-15(7-5-13)24-10-9-23-11-14(22)12-25-17-20-19-16-3-1-2-8-21(16)17/h1-8,14,22H,9-12H2/t14-/m1/s1. The van der Waals surface area contributed by atoms with Gasteiger partial charge in [0.2, 0.25) is 0 Å². The topological polar surface area (TPSA) is 68.9 Å². The number of benzene rings is 1. The van der Waals surface area contributed by atoms with Crippen molar-refractivity contribution in [3.63, 3.8) is 0 Å². The summed E-state index contributed by atoms with van der Waals surface area (Å²) in [6, 6.07) is 12.9. The molecule has 2 heterocycles. The maximum atomic E-state index is 10.0. The number of ether oxygens (including phenoxy) is 2. The predicted octanol–water partition coefficient (Wildman–Crippen LogP) is 2.93. The van der Waals surface area contributed by atoms with E-state index in [9.17, 15) is 5.11 Å². The Morgan fingerprint density at radius 3 is 2.80 bits per heavy atom. The first-order chi connectivity index (χ1) is 12.2. The van der Waals surface area contributed by atoms with Crippen molar-refractivity contribution >= 4 is 29.0 Å². The predicted molar refractivity (Wildman–Crippen MR) is 97.5 cm³/mol. The van der Waals surface area contributed by atoms with Gasteiger partial charge in [0.15, 0.2) is 10.8 Å². The fourth-order valence-electron chi connectivity index (χ4n) is 2.11. The van der Waals surface area contributed by atoms with Crippen LogP contribution in [0.15, 0.2) is 53.8 Å². The molecule has 0 aliphatic heterocycles. The van der Waals surface area contributed by atoms with Crippen LogP contribution in [0.2, 0.25) is 5.02 Å². The van der Waals surface area contributed by atoms with Crippen LogP contribution in [0, 0.1) is 0 Å². The van der Waals surface area contributed by atoms with Crippen molar-refractivity contribution in [2.45, 2.75) is 11.3 Å². The van der Waals surface area contributed by atoms with E-state index in [-0.39, 0.29) is 6.61 Å². The molecule has 3 rings (SSSR count). The first-order valence-corrected chi connectivity index (χ1v) is 9.15. The van der Waals surface area contributed by atoms with E-state index in [1.807, 2.05) is 28.8 Å². The molecule has 0 amide bonds. The number of aliphatic hydroxyl groups excluding tert-OH is 1. The van der Waals surface area contributed by atoms with Crippen LogP contribution >= 0.6 is 23.4 Å². The number of thioether (sulfide) groups is 1. The summed E-state index contributed by atoms with van der Waals surface area (Å²) in [5, 5.41) is 19.6. The third-order valence-electron chi connectivity index (χ3n) is 3.31. The van der Waals surface area contributed by atoms with Crippen LogP contribution < -0.4 is 4.74 Å². The molecule has 0 bridgehead atoms.